The second kappa shape index (κ2) is 5.04. The quantitative estimate of drug-likeness (QED) is 0.813. The van der Waals surface area contributed by atoms with Crippen molar-refractivity contribution in [3.63, 3.8) is 0 Å². The fourth-order valence-corrected chi connectivity index (χ4v) is 4.13. The molecule has 1 aliphatic carbocycles. The summed E-state index contributed by atoms with van der Waals surface area (Å²) in [6.45, 7) is 0. The van der Waals surface area contributed by atoms with E-state index >= 15 is 0 Å². The van der Waals surface area contributed by atoms with Gasteiger partial charge in [0.15, 0.2) is 0 Å². The molecule has 0 radical (unpaired) electrons. The summed E-state index contributed by atoms with van der Waals surface area (Å²) in [4.78, 5) is 0. The number of rotatable bonds is 2. The Balaban J connectivity index is 2.45. The van der Waals surface area contributed by atoms with Crippen LogP contribution in [0.15, 0.2) is 48.6 Å². The van der Waals surface area contributed by atoms with Crippen LogP contribution in [0.5, 0.6) is 0 Å². The Labute approximate surface area is 109 Å². The van der Waals surface area contributed by atoms with Crippen LogP contribution in [-0.4, -0.2) is 4.01 Å². The van der Waals surface area contributed by atoms with E-state index in [9.17, 15) is 0 Å². The summed E-state index contributed by atoms with van der Waals surface area (Å²) in [5.74, 6) is 0. The van der Waals surface area contributed by atoms with Crippen molar-refractivity contribution in [3.8, 4) is 0 Å². The fraction of sp³-hybridized carbons (Fsp3) is 0.167. The van der Waals surface area contributed by atoms with Crippen molar-refractivity contribution in [2.75, 3.05) is 0 Å². The minimum atomic E-state index is -1.77. The number of benzene rings is 1. The summed E-state index contributed by atoms with van der Waals surface area (Å²) in [6, 6.07) is 10.0. The zero-order valence-electron chi connectivity index (χ0n) is 8.48. The van der Waals surface area contributed by atoms with Crippen LogP contribution in [0, 0.1) is 0 Å². The fourth-order valence-electron chi connectivity index (χ4n) is 1.70. The molecule has 0 aromatic heterocycles. The summed E-state index contributed by atoms with van der Waals surface area (Å²) in [6.07, 6.45) is 6.75. The van der Waals surface area contributed by atoms with E-state index in [1.165, 1.54) is 0 Å². The second-order valence-corrected chi connectivity index (χ2v) is 9.30. The van der Waals surface area contributed by atoms with E-state index in [0.717, 1.165) is 11.1 Å². The molecule has 1 atom stereocenters. The molecule has 0 aliphatic heterocycles. The first-order valence-corrected chi connectivity index (χ1v) is 9.59. The van der Waals surface area contributed by atoms with Crippen LogP contribution in [0.4, 0.5) is 0 Å². The van der Waals surface area contributed by atoms with E-state index in [1.54, 1.807) is 0 Å². The van der Waals surface area contributed by atoms with Gasteiger partial charge in [-0.05, 0) is 0 Å². The molecular formula is C12H12Cl2NPd. The van der Waals surface area contributed by atoms with Gasteiger partial charge in [-0.2, -0.15) is 0 Å². The van der Waals surface area contributed by atoms with Gasteiger partial charge in [0.2, 0.25) is 0 Å². The molecule has 1 nitrogen and oxygen atoms in total. The van der Waals surface area contributed by atoms with Gasteiger partial charge >= 0.3 is 110 Å². The number of hydrogen-bond donors (Lipinski definition) is 1. The normalized spacial score (nSPS) is 25.2. The molecule has 4 heteroatoms. The molecule has 2 rings (SSSR count). The van der Waals surface area contributed by atoms with E-state index in [-0.39, 0.29) is 0 Å². The van der Waals surface area contributed by atoms with Gasteiger partial charge in [0, 0.05) is 0 Å². The summed E-state index contributed by atoms with van der Waals surface area (Å²) in [5.41, 5.74) is 8.49. The van der Waals surface area contributed by atoms with Crippen LogP contribution in [0.1, 0.15) is 12.0 Å². The van der Waals surface area contributed by atoms with Gasteiger partial charge in [0.25, 0.3) is 0 Å². The Morgan fingerprint density at radius 1 is 1.19 bits per heavy atom. The van der Waals surface area contributed by atoms with Crippen molar-refractivity contribution >= 4 is 24.6 Å². The molecular weight excluding hydrogens is 335 g/mol. The first-order chi connectivity index (χ1) is 7.64. The van der Waals surface area contributed by atoms with Gasteiger partial charge in [-0.3, -0.25) is 0 Å². The summed E-state index contributed by atoms with van der Waals surface area (Å²) in [7, 11) is 12.2. The van der Waals surface area contributed by atoms with E-state index < -0.39 is 18.7 Å². The van der Waals surface area contributed by atoms with Crippen LogP contribution in [-0.2, 0) is 14.7 Å². The molecule has 0 saturated heterocycles. The van der Waals surface area contributed by atoms with Gasteiger partial charge in [0.05, 0.1) is 0 Å². The average Bonchev–Trinajstić information content (AvgIpc) is 2.30. The standard InChI is InChI=1S/C12H12N.2ClH.Pd/c13-12-9-5-4-8-11(12)10-6-2-1-3-7-10;;;/h1-8H,9,13H2;2*1H;/q;;;+2/p-2. The van der Waals surface area contributed by atoms with E-state index in [1.807, 2.05) is 48.6 Å². The molecule has 16 heavy (non-hydrogen) atoms. The first-order valence-electron chi connectivity index (χ1n) is 4.81. The van der Waals surface area contributed by atoms with E-state index in [2.05, 4.69) is 0 Å². The Hall–Kier alpha value is -0.0977. The van der Waals surface area contributed by atoms with Crippen LogP contribution in [0.3, 0.4) is 0 Å². The summed E-state index contributed by atoms with van der Waals surface area (Å²) in [5, 5.41) is 0. The van der Waals surface area contributed by atoms with Crippen LogP contribution >= 0.6 is 19.1 Å². The van der Waals surface area contributed by atoms with E-state index in [0.29, 0.717) is 6.42 Å². The Kier molecular flexibility index (Phi) is 3.89. The van der Waals surface area contributed by atoms with Crippen LogP contribution < -0.4 is 5.73 Å². The van der Waals surface area contributed by atoms with Crippen molar-refractivity contribution in [2.45, 2.75) is 10.4 Å². The van der Waals surface area contributed by atoms with Crippen molar-refractivity contribution in [1.82, 2.24) is 0 Å². The third kappa shape index (κ3) is 2.27. The third-order valence-corrected chi connectivity index (χ3v) is 6.84. The zero-order valence-corrected chi connectivity index (χ0v) is 11.5. The molecule has 89 valence electrons. The first kappa shape index (κ1) is 12.4. The van der Waals surface area contributed by atoms with E-state index in [4.69, 9.17) is 24.8 Å². The van der Waals surface area contributed by atoms with Gasteiger partial charge < -0.3 is 0 Å². The predicted octanol–water partition coefficient (Wildman–Crippen LogP) is 3.61. The van der Waals surface area contributed by atoms with Crippen molar-refractivity contribution in [3.05, 3.63) is 54.1 Å². The van der Waals surface area contributed by atoms with Crippen molar-refractivity contribution < 1.29 is 14.7 Å². The Bertz CT molecular complexity index is 428. The molecule has 0 spiro atoms. The topological polar surface area (TPSA) is 26.0 Å². The van der Waals surface area contributed by atoms with Crippen LogP contribution in [0.2, 0.25) is 0 Å². The number of allylic oxidation sites excluding steroid dienone is 2. The van der Waals surface area contributed by atoms with Gasteiger partial charge in [-0.15, -0.1) is 0 Å². The monoisotopic (exact) mass is 346 g/mol. The SMILES string of the molecule is N[C]1([Pd]([Cl])[Cl])CC=CC=C1c1ccccc1. The Morgan fingerprint density at radius 2 is 1.88 bits per heavy atom. The summed E-state index contributed by atoms with van der Waals surface area (Å²) < 4.78 is -0.579. The average molecular weight is 348 g/mol. The molecule has 0 heterocycles. The van der Waals surface area contributed by atoms with Crippen molar-refractivity contribution in [1.29, 1.82) is 0 Å². The maximum absolute atomic E-state index is 6.35. The molecule has 1 unspecified atom stereocenters. The molecule has 0 bridgehead atoms. The maximum atomic E-state index is 6.35. The second-order valence-electron chi connectivity index (χ2n) is 3.55. The molecule has 0 amide bonds. The molecule has 1 aliphatic rings. The molecule has 2 N–H and O–H groups in total. The molecule has 0 saturated carbocycles. The van der Waals surface area contributed by atoms with Gasteiger partial charge in [0.1, 0.15) is 0 Å². The molecule has 1 aromatic carbocycles. The van der Waals surface area contributed by atoms with Crippen molar-refractivity contribution in [2.24, 2.45) is 5.73 Å². The summed E-state index contributed by atoms with van der Waals surface area (Å²) >= 11 is -1.77. The van der Waals surface area contributed by atoms with Gasteiger partial charge in [-0.25, -0.2) is 0 Å². The number of hydrogen-bond acceptors (Lipinski definition) is 1. The van der Waals surface area contributed by atoms with Gasteiger partial charge in [-0.1, -0.05) is 0 Å². The number of nitrogens with two attached hydrogens (primary N) is 1. The third-order valence-electron chi connectivity index (χ3n) is 2.53. The Morgan fingerprint density at radius 3 is 2.50 bits per heavy atom. The van der Waals surface area contributed by atoms with Crippen LogP contribution in [0.25, 0.3) is 5.57 Å². The number of halogens is 2. The predicted molar refractivity (Wildman–Crippen MR) is 66.8 cm³/mol. The molecule has 0 fully saturated rings. The zero-order chi connectivity index (χ0) is 11.6. The molecule has 1 aromatic rings. The minimum absolute atomic E-state index is 0.579.